The molecule has 8 aromatic carbocycles. The SMILES string of the molecule is c1ccc(-c2c(-c3ccccc3)n(-c3ccccc3)c3ccc(-c4cc(N(c5ccccc5)c5ccccc5)sc4N(c4ccccc4)c4ccccc4)cc23)cc1. The van der Waals surface area contributed by atoms with E-state index in [9.17, 15) is 0 Å². The van der Waals surface area contributed by atoms with Crippen molar-refractivity contribution in [3.8, 4) is 39.2 Å². The Labute approximate surface area is 343 Å². The van der Waals surface area contributed by atoms with E-state index in [2.05, 4.69) is 251 Å². The minimum atomic E-state index is 1.10. The summed E-state index contributed by atoms with van der Waals surface area (Å²) in [6.07, 6.45) is 0. The van der Waals surface area contributed by atoms with E-state index in [0.29, 0.717) is 0 Å². The van der Waals surface area contributed by atoms with Crippen molar-refractivity contribution in [2.24, 2.45) is 0 Å². The molecule has 0 N–H and O–H groups in total. The highest BCUT2D eigenvalue weighted by molar-refractivity contribution is 7.21. The molecule has 0 aliphatic heterocycles. The minimum absolute atomic E-state index is 1.10. The molecule has 58 heavy (non-hydrogen) atoms. The summed E-state index contributed by atoms with van der Waals surface area (Å²) in [5.41, 5.74) is 13.7. The van der Waals surface area contributed by atoms with E-state index in [0.717, 1.165) is 55.1 Å². The second kappa shape index (κ2) is 15.6. The summed E-state index contributed by atoms with van der Waals surface area (Å²) in [5, 5.41) is 3.45. The van der Waals surface area contributed by atoms with Crippen LogP contribution in [0.3, 0.4) is 0 Å². The largest absolute Gasteiger partial charge is 0.309 e. The molecule has 0 aliphatic rings. The number of benzene rings is 8. The highest BCUT2D eigenvalue weighted by atomic mass is 32.1. The monoisotopic (exact) mass is 761 g/mol. The number of nitrogens with zero attached hydrogens (tertiary/aromatic N) is 3. The van der Waals surface area contributed by atoms with E-state index < -0.39 is 0 Å². The van der Waals surface area contributed by atoms with Crippen LogP contribution in [0, 0.1) is 0 Å². The van der Waals surface area contributed by atoms with Crippen LogP contribution in [0.1, 0.15) is 0 Å². The lowest BCUT2D eigenvalue weighted by atomic mass is 9.96. The van der Waals surface area contributed by atoms with Crippen LogP contribution in [-0.2, 0) is 0 Å². The maximum atomic E-state index is 2.43. The first-order chi connectivity index (χ1) is 28.8. The second-order valence-corrected chi connectivity index (χ2v) is 15.2. The molecule has 0 fully saturated rings. The Balaban J connectivity index is 1.28. The smallest absolute Gasteiger partial charge is 0.110 e. The number of thiophene rings is 1. The molecule has 0 amide bonds. The Bertz CT molecular complexity index is 2830. The molecule has 276 valence electrons. The van der Waals surface area contributed by atoms with E-state index >= 15 is 0 Å². The molecular formula is C54H39N3S. The van der Waals surface area contributed by atoms with Gasteiger partial charge >= 0.3 is 0 Å². The Morgan fingerprint density at radius 2 is 0.793 bits per heavy atom. The molecule has 0 aliphatic carbocycles. The first kappa shape index (κ1) is 35.0. The lowest BCUT2D eigenvalue weighted by Crippen LogP contribution is -2.09. The lowest BCUT2D eigenvalue weighted by Gasteiger charge is -2.26. The summed E-state index contributed by atoms with van der Waals surface area (Å²) in [6, 6.07) is 84.6. The van der Waals surface area contributed by atoms with E-state index in [1.54, 1.807) is 11.3 Å². The summed E-state index contributed by atoms with van der Waals surface area (Å²) in [7, 11) is 0. The van der Waals surface area contributed by atoms with Gasteiger partial charge in [0.15, 0.2) is 0 Å². The van der Waals surface area contributed by atoms with Crippen LogP contribution >= 0.6 is 11.3 Å². The molecule has 0 radical (unpaired) electrons. The fourth-order valence-electron chi connectivity index (χ4n) is 8.02. The predicted octanol–water partition coefficient (Wildman–Crippen LogP) is 15.6. The minimum Gasteiger partial charge on any atom is -0.309 e. The fraction of sp³-hybridized carbons (Fsp3) is 0. The molecule has 10 aromatic rings. The topological polar surface area (TPSA) is 11.4 Å². The molecule has 0 atom stereocenters. The maximum Gasteiger partial charge on any atom is 0.110 e. The summed E-state index contributed by atoms with van der Waals surface area (Å²) in [6.45, 7) is 0. The van der Waals surface area contributed by atoms with Gasteiger partial charge in [0.2, 0.25) is 0 Å². The highest BCUT2D eigenvalue weighted by Gasteiger charge is 2.26. The molecule has 0 saturated carbocycles. The molecule has 0 unspecified atom stereocenters. The molecule has 0 bridgehead atoms. The first-order valence-electron chi connectivity index (χ1n) is 19.6. The maximum absolute atomic E-state index is 2.43. The van der Waals surface area contributed by atoms with Crippen LogP contribution < -0.4 is 9.80 Å². The number of fused-ring (bicyclic) bond motifs is 1. The molecule has 3 nitrogen and oxygen atoms in total. The molecule has 2 heterocycles. The van der Waals surface area contributed by atoms with E-state index in [4.69, 9.17) is 0 Å². The fourth-order valence-corrected chi connectivity index (χ4v) is 9.28. The molecule has 2 aromatic heterocycles. The van der Waals surface area contributed by atoms with Crippen molar-refractivity contribution in [3.63, 3.8) is 0 Å². The summed E-state index contributed by atoms with van der Waals surface area (Å²) in [4.78, 5) is 4.78. The Morgan fingerprint density at radius 1 is 0.362 bits per heavy atom. The van der Waals surface area contributed by atoms with Crippen molar-refractivity contribution in [3.05, 3.63) is 237 Å². The van der Waals surface area contributed by atoms with Crippen molar-refractivity contribution in [1.29, 1.82) is 0 Å². The van der Waals surface area contributed by atoms with Gasteiger partial charge in [-0.25, -0.2) is 0 Å². The third kappa shape index (κ3) is 6.56. The van der Waals surface area contributed by atoms with Gasteiger partial charge in [0.25, 0.3) is 0 Å². The van der Waals surface area contributed by atoms with E-state index in [1.165, 1.54) is 27.8 Å². The standard InChI is InChI=1S/C54H39N3S/c1-8-22-40(23-9-1)52-49-38-42(36-37-50(49)57(47-34-20-7-21-35-47)53(52)41-24-10-2-11-25-41)48-39-51(55(43-26-12-3-13-27-43)44-28-14-4-15-29-44)58-54(48)56(45-30-16-5-17-31-45)46-32-18-6-19-33-46/h1-39H. The highest BCUT2D eigenvalue weighted by Crippen LogP contribution is 2.52. The normalized spacial score (nSPS) is 11.1. The summed E-state index contributed by atoms with van der Waals surface area (Å²) < 4.78 is 2.43. The summed E-state index contributed by atoms with van der Waals surface area (Å²) >= 11 is 1.80. The van der Waals surface area contributed by atoms with Crippen LogP contribution in [0.5, 0.6) is 0 Å². The number of aromatic nitrogens is 1. The second-order valence-electron chi connectivity index (χ2n) is 14.2. The van der Waals surface area contributed by atoms with Crippen molar-refractivity contribution < 1.29 is 0 Å². The third-order valence-electron chi connectivity index (χ3n) is 10.6. The number of anilines is 6. The van der Waals surface area contributed by atoms with Crippen LogP contribution in [0.15, 0.2) is 237 Å². The van der Waals surface area contributed by atoms with E-state index in [1.807, 2.05) is 0 Å². The van der Waals surface area contributed by atoms with Gasteiger partial charge in [0.1, 0.15) is 10.0 Å². The Kier molecular flexibility index (Phi) is 9.44. The van der Waals surface area contributed by atoms with Gasteiger partial charge < -0.3 is 14.4 Å². The molecule has 4 heteroatoms. The number of rotatable bonds is 10. The van der Waals surface area contributed by atoms with Gasteiger partial charge in [-0.3, -0.25) is 0 Å². The van der Waals surface area contributed by atoms with Crippen LogP contribution in [-0.4, -0.2) is 4.57 Å². The quantitative estimate of drug-likeness (QED) is 0.137. The van der Waals surface area contributed by atoms with Gasteiger partial charge in [-0.15, -0.1) is 0 Å². The van der Waals surface area contributed by atoms with Crippen molar-refractivity contribution in [2.45, 2.75) is 0 Å². The van der Waals surface area contributed by atoms with Crippen molar-refractivity contribution in [1.82, 2.24) is 4.57 Å². The number of hydrogen-bond donors (Lipinski definition) is 0. The zero-order valence-electron chi connectivity index (χ0n) is 31.8. The van der Waals surface area contributed by atoms with Crippen LogP contribution in [0.25, 0.3) is 50.1 Å². The third-order valence-corrected chi connectivity index (χ3v) is 11.7. The van der Waals surface area contributed by atoms with Gasteiger partial charge in [-0.2, -0.15) is 0 Å². The lowest BCUT2D eigenvalue weighted by molar-refractivity contribution is 1.13. The van der Waals surface area contributed by atoms with Crippen molar-refractivity contribution >= 4 is 55.0 Å². The number of para-hydroxylation sites is 5. The molecule has 0 saturated heterocycles. The number of hydrogen-bond acceptors (Lipinski definition) is 3. The summed E-state index contributed by atoms with van der Waals surface area (Å²) in [5.74, 6) is 0. The zero-order chi connectivity index (χ0) is 38.7. The molecule has 0 spiro atoms. The van der Waals surface area contributed by atoms with Gasteiger partial charge in [-0.1, -0.05) is 169 Å². The molecular weight excluding hydrogens is 723 g/mol. The Morgan fingerprint density at radius 3 is 1.29 bits per heavy atom. The van der Waals surface area contributed by atoms with Crippen LogP contribution in [0.4, 0.5) is 32.8 Å². The molecule has 10 rings (SSSR count). The zero-order valence-corrected chi connectivity index (χ0v) is 32.6. The van der Waals surface area contributed by atoms with Gasteiger partial charge in [-0.05, 0) is 95.6 Å². The average Bonchev–Trinajstić information content (AvgIpc) is 3.88. The van der Waals surface area contributed by atoms with Gasteiger partial charge in [0, 0.05) is 45.0 Å². The average molecular weight is 762 g/mol. The van der Waals surface area contributed by atoms with Gasteiger partial charge in [0.05, 0.1) is 11.2 Å². The first-order valence-corrected chi connectivity index (χ1v) is 20.4. The Hall–Kier alpha value is -7.40. The van der Waals surface area contributed by atoms with Crippen LogP contribution in [0.2, 0.25) is 0 Å². The predicted molar refractivity (Wildman–Crippen MR) is 247 cm³/mol. The van der Waals surface area contributed by atoms with Crippen molar-refractivity contribution in [2.75, 3.05) is 9.80 Å². The van der Waals surface area contributed by atoms with E-state index in [-0.39, 0.29) is 0 Å².